The van der Waals surface area contributed by atoms with Gasteiger partial charge in [0.15, 0.2) is 0 Å². The van der Waals surface area contributed by atoms with Gasteiger partial charge in [0.2, 0.25) is 0 Å². The number of ether oxygens (including phenoxy) is 1. The number of hydroxylamine groups is 1. The summed E-state index contributed by atoms with van der Waals surface area (Å²) < 4.78 is 6.00. The first-order chi connectivity index (χ1) is 11.8. The summed E-state index contributed by atoms with van der Waals surface area (Å²) in [6.07, 6.45) is 1.84. The van der Waals surface area contributed by atoms with Crippen LogP contribution in [0.25, 0.3) is 0 Å². The largest absolute Gasteiger partial charge is 0.490 e. The highest BCUT2D eigenvalue weighted by atomic mass is 16.5. The van der Waals surface area contributed by atoms with Crippen molar-refractivity contribution >= 4 is 5.91 Å². The number of rotatable bonds is 5. The molecule has 1 aliphatic rings. The second-order valence-electron chi connectivity index (χ2n) is 5.96. The summed E-state index contributed by atoms with van der Waals surface area (Å²) >= 11 is 0. The van der Waals surface area contributed by atoms with Crippen molar-refractivity contribution < 1.29 is 14.7 Å². The first-order valence-electron chi connectivity index (χ1n) is 8.22. The summed E-state index contributed by atoms with van der Waals surface area (Å²) in [5, 5.41) is 9.09. The first-order valence-corrected chi connectivity index (χ1v) is 8.22. The molecule has 5 heteroatoms. The molecule has 2 aromatic carbocycles. The highest BCUT2D eigenvalue weighted by Gasteiger charge is 2.31. The summed E-state index contributed by atoms with van der Waals surface area (Å²) in [6, 6.07) is 18.9. The molecule has 2 aromatic rings. The van der Waals surface area contributed by atoms with E-state index in [9.17, 15) is 4.79 Å². The normalized spacial score (nSPS) is 17.2. The third-order valence-electron chi connectivity index (χ3n) is 4.36. The number of nitrogens with one attached hydrogen (secondary N) is 1. The van der Waals surface area contributed by atoms with Gasteiger partial charge in [-0.25, -0.2) is 5.48 Å². The topological polar surface area (TPSA) is 61.8 Å². The van der Waals surface area contributed by atoms with Gasteiger partial charge in [0.1, 0.15) is 17.9 Å². The lowest BCUT2D eigenvalue weighted by molar-refractivity contribution is -0.136. The number of carbonyl (C=O) groups excluding carboxylic acids is 1. The average molecular weight is 326 g/mol. The molecule has 0 radical (unpaired) electrons. The minimum atomic E-state index is -0.478. The van der Waals surface area contributed by atoms with Crippen LogP contribution in [0.1, 0.15) is 24.4 Å². The molecule has 126 valence electrons. The van der Waals surface area contributed by atoms with E-state index in [0.29, 0.717) is 0 Å². The van der Waals surface area contributed by atoms with Crippen LogP contribution in [0.15, 0.2) is 60.7 Å². The molecule has 1 heterocycles. The highest BCUT2D eigenvalue weighted by Crippen LogP contribution is 2.26. The van der Waals surface area contributed by atoms with Crippen LogP contribution in [0.5, 0.6) is 5.75 Å². The van der Waals surface area contributed by atoms with E-state index in [1.807, 2.05) is 60.7 Å². The van der Waals surface area contributed by atoms with Crippen molar-refractivity contribution in [2.24, 2.45) is 0 Å². The predicted molar refractivity (Wildman–Crippen MR) is 90.8 cm³/mol. The Kier molecular flexibility index (Phi) is 5.46. The van der Waals surface area contributed by atoms with Gasteiger partial charge in [-0.2, -0.15) is 0 Å². The fraction of sp³-hybridized carbons (Fsp3) is 0.316. The molecule has 2 N–H and O–H groups in total. The zero-order chi connectivity index (χ0) is 16.8. The van der Waals surface area contributed by atoms with E-state index in [2.05, 4.69) is 4.90 Å². The number of hydrogen-bond donors (Lipinski definition) is 2. The van der Waals surface area contributed by atoms with Crippen LogP contribution < -0.4 is 10.2 Å². The molecular weight excluding hydrogens is 304 g/mol. The minimum Gasteiger partial charge on any atom is -0.490 e. The summed E-state index contributed by atoms with van der Waals surface area (Å²) in [5.74, 6) is 0.479. The van der Waals surface area contributed by atoms with Crippen molar-refractivity contribution in [3.05, 3.63) is 66.2 Å². The van der Waals surface area contributed by atoms with Gasteiger partial charge in [-0.1, -0.05) is 48.5 Å². The van der Waals surface area contributed by atoms with E-state index in [1.54, 1.807) is 5.48 Å². The van der Waals surface area contributed by atoms with Crippen LogP contribution in [-0.4, -0.2) is 35.2 Å². The summed E-state index contributed by atoms with van der Waals surface area (Å²) in [7, 11) is 0. The van der Waals surface area contributed by atoms with E-state index < -0.39 is 11.9 Å². The Morgan fingerprint density at radius 3 is 2.21 bits per heavy atom. The van der Waals surface area contributed by atoms with Crippen LogP contribution >= 0.6 is 0 Å². The SMILES string of the molecule is O=C(NO)C(c1ccccc1)N1CCC(Oc2ccccc2)CC1. The minimum absolute atomic E-state index is 0.150. The van der Waals surface area contributed by atoms with Crippen LogP contribution in [-0.2, 0) is 4.79 Å². The van der Waals surface area contributed by atoms with Gasteiger partial charge in [0, 0.05) is 13.1 Å². The van der Waals surface area contributed by atoms with Gasteiger partial charge in [-0.05, 0) is 30.5 Å². The average Bonchev–Trinajstić information content (AvgIpc) is 2.65. The molecule has 24 heavy (non-hydrogen) atoms. The molecule has 1 unspecified atom stereocenters. The third kappa shape index (κ3) is 3.93. The maximum Gasteiger partial charge on any atom is 0.265 e. The van der Waals surface area contributed by atoms with Crippen molar-refractivity contribution in [1.82, 2.24) is 10.4 Å². The quantitative estimate of drug-likeness (QED) is 0.655. The summed E-state index contributed by atoms with van der Waals surface area (Å²) in [5.41, 5.74) is 2.68. The monoisotopic (exact) mass is 326 g/mol. The zero-order valence-corrected chi connectivity index (χ0v) is 13.5. The van der Waals surface area contributed by atoms with Gasteiger partial charge in [-0.15, -0.1) is 0 Å². The van der Waals surface area contributed by atoms with Crippen molar-refractivity contribution in [1.29, 1.82) is 0 Å². The Labute approximate surface area is 141 Å². The summed E-state index contributed by atoms with van der Waals surface area (Å²) in [6.45, 7) is 1.48. The van der Waals surface area contributed by atoms with Crippen molar-refractivity contribution in [3.63, 3.8) is 0 Å². The number of para-hydroxylation sites is 1. The molecule has 0 bridgehead atoms. The Balaban J connectivity index is 1.64. The maximum absolute atomic E-state index is 12.2. The first kappa shape index (κ1) is 16.5. The van der Waals surface area contributed by atoms with E-state index >= 15 is 0 Å². The van der Waals surface area contributed by atoms with Gasteiger partial charge in [0.25, 0.3) is 5.91 Å². The number of nitrogens with zero attached hydrogens (tertiary/aromatic N) is 1. The van der Waals surface area contributed by atoms with E-state index in [1.165, 1.54) is 0 Å². The van der Waals surface area contributed by atoms with Gasteiger partial charge >= 0.3 is 0 Å². The van der Waals surface area contributed by atoms with Crippen LogP contribution in [0.4, 0.5) is 0 Å². The number of carbonyl (C=O) groups is 1. The number of likely N-dealkylation sites (tertiary alicyclic amines) is 1. The Bertz CT molecular complexity index is 640. The lowest BCUT2D eigenvalue weighted by Gasteiger charge is -2.36. The number of hydrogen-bond acceptors (Lipinski definition) is 4. The lowest BCUT2D eigenvalue weighted by atomic mass is 10.00. The number of piperidine rings is 1. The molecule has 1 fully saturated rings. The van der Waals surface area contributed by atoms with Crippen molar-refractivity contribution in [2.75, 3.05) is 13.1 Å². The Morgan fingerprint density at radius 1 is 1.04 bits per heavy atom. The van der Waals surface area contributed by atoms with E-state index in [4.69, 9.17) is 9.94 Å². The number of amides is 1. The van der Waals surface area contributed by atoms with Gasteiger partial charge < -0.3 is 4.74 Å². The molecule has 1 atom stereocenters. The molecule has 0 saturated carbocycles. The zero-order valence-electron chi connectivity index (χ0n) is 13.5. The Morgan fingerprint density at radius 2 is 1.62 bits per heavy atom. The molecule has 1 aliphatic heterocycles. The predicted octanol–water partition coefficient (Wildman–Crippen LogP) is 2.78. The molecule has 0 spiro atoms. The second kappa shape index (κ2) is 7.95. The standard InChI is InChI=1S/C19H22N2O3/c22-19(20-23)18(15-7-3-1-4-8-15)21-13-11-17(12-14-21)24-16-9-5-2-6-10-16/h1-10,17-18,23H,11-14H2,(H,20,22). The fourth-order valence-corrected chi connectivity index (χ4v) is 3.17. The van der Waals surface area contributed by atoms with Crippen molar-refractivity contribution in [3.8, 4) is 5.75 Å². The highest BCUT2D eigenvalue weighted by molar-refractivity contribution is 5.82. The van der Waals surface area contributed by atoms with Crippen molar-refractivity contribution in [2.45, 2.75) is 25.0 Å². The molecule has 1 amide bonds. The van der Waals surface area contributed by atoms with Gasteiger partial charge in [-0.3, -0.25) is 14.9 Å². The fourth-order valence-electron chi connectivity index (χ4n) is 3.17. The molecule has 3 rings (SSSR count). The Hall–Kier alpha value is -2.37. The van der Waals surface area contributed by atoms with Crippen LogP contribution in [0, 0.1) is 0 Å². The molecule has 5 nitrogen and oxygen atoms in total. The third-order valence-corrected chi connectivity index (χ3v) is 4.36. The maximum atomic E-state index is 12.2. The molecule has 1 saturated heterocycles. The van der Waals surface area contributed by atoms with E-state index in [0.717, 1.165) is 37.2 Å². The molecule has 0 aromatic heterocycles. The molecular formula is C19H22N2O3. The van der Waals surface area contributed by atoms with Crippen LogP contribution in [0.3, 0.4) is 0 Å². The molecule has 0 aliphatic carbocycles. The second-order valence-corrected chi connectivity index (χ2v) is 5.96. The smallest absolute Gasteiger partial charge is 0.265 e. The van der Waals surface area contributed by atoms with Crippen LogP contribution in [0.2, 0.25) is 0 Å². The summed E-state index contributed by atoms with van der Waals surface area (Å²) in [4.78, 5) is 14.2. The van der Waals surface area contributed by atoms with E-state index in [-0.39, 0.29) is 6.10 Å². The van der Waals surface area contributed by atoms with Gasteiger partial charge in [0.05, 0.1) is 0 Å². The number of benzene rings is 2. The lowest BCUT2D eigenvalue weighted by Crippen LogP contribution is -2.45.